The third kappa shape index (κ3) is 2.93. The molecule has 3 fully saturated rings. The third-order valence-electron chi connectivity index (χ3n) is 8.44. The zero-order chi connectivity index (χ0) is 23.1. The number of aliphatic hydroxyl groups is 3. The molecular weight excluding hydrogens is 424 g/mol. The first-order chi connectivity index (χ1) is 14.3. The minimum Gasteiger partial charge on any atom is -0.507 e. The summed E-state index contributed by atoms with van der Waals surface area (Å²) < 4.78 is 5.64. The highest BCUT2D eigenvalue weighted by atomic mass is 35.5. The normalized spacial score (nSPS) is 40.6. The average molecular weight is 455 g/mol. The molecule has 0 aromatic heterocycles. The second-order valence-electron chi connectivity index (χ2n) is 10.7. The number of fused-ring (bicyclic) bond motifs is 3. The molecule has 8 heteroatoms. The zero-order valence-corrected chi connectivity index (χ0v) is 19.0. The first-order valence-electron chi connectivity index (χ1n) is 10.7. The van der Waals surface area contributed by atoms with Crippen molar-refractivity contribution in [3.8, 4) is 11.5 Å². The zero-order valence-electron chi connectivity index (χ0n) is 18.2. The summed E-state index contributed by atoms with van der Waals surface area (Å²) in [6.45, 7) is 7.28. The fraction of sp³-hybridized carbons (Fsp3) is 0.696. The first kappa shape index (κ1) is 22.6. The van der Waals surface area contributed by atoms with Crippen molar-refractivity contribution >= 4 is 17.6 Å². The van der Waals surface area contributed by atoms with Crippen LogP contribution >= 0.6 is 11.6 Å². The molecule has 0 heterocycles. The molecule has 1 aromatic carbocycles. The number of phenolic OH excluding ortho intramolecular Hbond substituents is 2. The van der Waals surface area contributed by atoms with Gasteiger partial charge in [-0.2, -0.15) is 0 Å². The molecule has 4 rings (SSSR count). The van der Waals surface area contributed by atoms with E-state index in [2.05, 4.69) is 13.8 Å². The minimum atomic E-state index is -1.59. The van der Waals surface area contributed by atoms with Crippen LogP contribution in [0.4, 0.5) is 0 Å². The molecule has 3 aliphatic carbocycles. The monoisotopic (exact) mass is 454 g/mol. The second-order valence-corrected chi connectivity index (χ2v) is 11.1. The molecular formula is C23H31ClO7. The molecule has 0 aliphatic heterocycles. The SMILES string of the molecule is Cc1c(Cl)c(O)cc(O)c1C(=O)OC1CC2(C)C3CC(C)(C)CC3C(O)C(CO)C12O. The van der Waals surface area contributed by atoms with Crippen molar-refractivity contribution in [2.45, 2.75) is 64.8 Å². The predicted octanol–water partition coefficient (Wildman–Crippen LogP) is 2.76. The number of hydrogen-bond donors (Lipinski definition) is 5. The fourth-order valence-corrected chi connectivity index (χ4v) is 7.01. The smallest absolute Gasteiger partial charge is 0.342 e. The molecule has 172 valence electrons. The summed E-state index contributed by atoms with van der Waals surface area (Å²) in [5.74, 6) is -2.54. The fourth-order valence-electron chi connectivity index (χ4n) is 6.86. The van der Waals surface area contributed by atoms with Gasteiger partial charge in [0.25, 0.3) is 0 Å². The largest absolute Gasteiger partial charge is 0.507 e. The van der Waals surface area contributed by atoms with E-state index in [1.54, 1.807) is 0 Å². The van der Waals surface area contributed by atoms with Crippen molar-refractivity contribution in [3.63, 3.8) is 0 Å². The standard InChI is InChI=1S/C23H31ClO7/c1-10-17(14(26)5-15(27)18(10)24)20(29)31-16-8-22(4)12-7-21(2,3)6-11(12)19(28)13(9-25)23(16,22)30/h5,11-13,16,19,25-28,30H,6-9H2,1-4H3. The predicted molar refractivity (Wildman–Crippen MR) is 113 cm³/mol. The Bertz CT molecular complexity index is 931. The molecule has 0 saturated heterocycles. The van der Waals surface area contributed by atoms with Crippen LogP contribution in [0.1, 0.15) is 56.0 Å². The van der Waals surface area contributed by atoms with E-state index < -0.39 is 47.5 Å². The van der Waals surface area contributed by atoms with Crippen LogP contribution in [0.5, 0.6) is 11.5 Å². The van der Waals surface area contributed by atoms with Crippen LogP contribution in [0.2, 0.25) is 5.02 Å². The van der Waals surface area contributed by atoms with Gasteiger partial charge in [-0.1, -0.05) is 32.4 Å². The molecule has 5 N–H and O–H groups in total. The van der Waals surface area contributed by atoms with E-state index in [0.717, 1.165) is 18.9 Å². The lowest BCUT2D eigenvalue weighted by molar-refractivity contribution is -0.332. The Kier molecular flexibility index (Phi) is 5.10. The Morgan fingerprint density at radius 2 is 1.84 bits per heavy atom. The van der Waals surface area contributed by atoms with Crippen molar-refractivity contribution in [1.29, 1.82) is 0 Å². The number of aliphatic hydroxyl groups excluding tert-OH is 2. The number of hydrogen-bond acceptors (Lipinski definition) is 7. The van der Waals surface area contributed by atoms with Gasteiger partial charge in [-0.25, -0.2) is 4.79 Å². The van der Waals surface area contributed by atoms with Gasteiger partial charge in [0, 0.05) is 17.4 Å². The van der Waals surface area contributed by atoms with Gasteiger partial charge >= 0.3 is 5.97 Å². The van der Waals surface area contributed by atoms with Crippen LogP contribution in [0.25, 0.3) is 0 Å². The Morgan fingerprint density at radius 1 is 1.19 bits per heavy atom. The molecule has 0 spiro atoms. The van der Waals surface area contributed by atoms with Gasteiger partial charge in [-0.15, -0.1) is 0 Å². The van der Waals surface area contributed by atoms with E-state index in [1.807, 2.05) is 6.92 Å². The van der Waals surface area contributed by atoms with Crippen LogP contribution in [-0.2, 0) is 4.74 Å². The van der Waals surface area contributed by atoms with E-state index in [-0.39, 0.29) is 39.1 Å². The number of rotatable bonds is 3. The van der Waals surface area contributed by atoms with Crippen molar-refractivity contribution in [1.82, 2.24) is 0 Å². The Morgan fingerprint density at radius 3 is 2.45 bits per heavy atom. The van der Waals surface area contributed by atoms with Gasteiger partial charge in [0.15, 0.2) is 0 Å². The van der Waals surface area contributed by atoms with Gasteiger partial charge in [0.2, 0.25) is 0 Å². The number of phenols is 2. The number of carbonyl (C=O) groups is 1. The number of halogens is 1. The molecule has 7 nitrogen and oxygen atoms in total. The molecule has 3 saturated carbocycles. The lowest BCUT2D eigenvalue weighted by Gasteiger charge is -2.69. The van der Waals surface area contributed by atoms with E-state index in [4.69, 9.17) is 16.3 Å². The summed E-state index contributed by atoms with van der Waals surface area (Å²) in [6.07, 6.45) is 0.175. The molecule has 0 bridgehead atoms. The van der Waals surface area contributed by atoms with Gasteiger partial charge in [0.1, 0.15) is 28.8 Å². The van der Waals surface area contributed by atoms with Crippen LogP contribution in [0, 0.1) is 35.5 Å². The summed E-state index contributed by atoms with van der Waals surface area (Å²) in [5, 5.41) is 52.8. The van der Waals surface area contributed by atoms with Gasteiger partial charge in [-0.05, 0) is 49.0 Å². The molecule has 0 radical (unpaired) electrons. The van der Waals surface area contributed by atoms with E-state index >= 15 is 0 Å². The Balaban J connectivity index is 1.66. The lowest BCUT2D eigenvalue weighted by atomic mass is 9.40. The van der Waals surface area contributed by atoms with Gasteiger partial charge in [0.05, 0.1) is 17.7 Å². The number of aromatic hydroxyl groups is 2. The Labute approximate surface area is 186 Å². The Hall–Kier alpha value is -1.54. The maximum absolute atomic E-state index is 12.9. The quantitative estimate of drug-likeness (QED) is 0.444. The highest BCUT2D eigenvalue weighted by Crippen LogP contribution is 2.70. The van der Waals surface area contributed by atoms with E-state index in [1.165, 1.54) is 6.92 Å². The van der Waals surface area contributed by atoms with Crippen LogP contribution in [-0.4, -0.2) is 55.9 Å². The van der Waals surface area contributed by atoms with Crippen molar-refractivity contribution in [3.05, 3.63) is 22.2 Å². The first-order valence-corrected chi connectivity index (χ1v) is 11.1. The highest BCUT2D eigenvalue weighted by Gasteiger charge is 2.76. The summed E-state index contributed by atoms with van der Waals surface area (Å²) in [5.41, 5.74) is -2.22. The van der Waals surface area contributed by atoms with Gasteiger partial charge < -0.3 is 30.3 Å². The van der Waals surface area contributed by atoms with Crippen LogP contribution < -0.4 is 0 Å². The number of benzene rings is 1. The molecule has 7 unspecified atom stereocenters. The summed E-state index contributed by atoms with van der Waals surface area (Å²) in [7, 11) is 0. The molecule has 1 aromatic rings. The van der Waals surface area contributed by atoms with Crippen LogP contribution in [0.15, 0.2) is 6.07 Å². The number of carbonyl (C=O) groups excluding carboxylic acids is 1. The number of esters is 1. The summed E-state index contributed by atoms with van der Waals surface area (Å²) >= 11 is 6.01. The van der Waals surface area contributed by atoms with Gasteiger partial charge in [-0.3, -0.25) is 0 Å². The maximum atomic E-state index is 12.9. The highest BCUT2D eigenvalue weighted by molar-refractivity contribution is 6.33. The average Bonchev–Trinajstić information content (AvgIpc) is 3.01. The summed E-state index contributed by atoms with van der Waals surface area (Å²) in [6, 6.07) is 0.970. The minimum absolute atomic E-state index is 0.0119. The van der Waals surface area contributed by atoms with Crippen LogP contribution in [0.3, 0.4) is 0 Å². The molecule has 7 atom stereocenters. The maximum Gasteiger partial charge on any atom is 0.342 e. The molecule has 3 aliphatic rings. The van der Waals surface area contributed by atoms with Crippen molar-refractivity contribution in [2.75, 3.05) is 6.61 Å². The molecule has 0 amide bonds. The number of ether oxygens (including phenoxy) is 1. The topological polar surface area (TPSA) is 127 Å². The molecule has 31 heavy (non-hydrogen) atoms. The second kappa shape index (κ2) is 6.98. The van der Waals surface area contributed by atoms with E-state index in [9.17, 15) is 30.3 Å². The van der Waals surface area contributed by atoms with Crippen molar-refractivity contribution in [2.24, 2.45) is 28.6 Å². The lowest BCUT2D eigenvalue weighted by Crippen LogP contribution is -2.79. The third-order valence-corrected chi connectivity index (χ3v) is 8.91. The summed E-state index contributed by atoms with van der Waals surface area (Å²) in [4.78, 5) is 12.9. The van der Waals surface area contributed by atoms with Crippen molar-refractivity contribution < 1.29 is 35.1 Å². The van der Waals surface area contributed by atoms with E-state index in [0.29, 0.717) is 6.42 Å².